The van der Waals surface area contributed by atoms with E-state index >= 15 is 0 Å². The first-order chi connectivity index (χ1) is 13.7. The minimum absolute atomic E-state index is 0.373. The molecule has 0 amide bonds. The van der Waals surface area contributed by atoms with Crippen LogP contribution in [0, 0.1) is 12.8 Å². The number of hydrogen-bond donors (Lipinski definition) is 0. The van der Waals surface area contributed by atoms with E-state index in [1.54, 1.807) is 7.11 Å². The summed E-state index contributed by atoms with van der Waals surface area (Å²) >= 11 is 1.97. The van der Waals surface area contributed by atoms with Crippen molar-refractivity contribution in [1.82, 2.24) is 0 Å². The largest absolute Gasteiger partial charge is 0.497 e. The first-order valence-electron chi connectivity index (χ1n) is 9.81. The molecule has 1 aliphatic heterocycles. The monoisotopic (exact) mass is 385 g/mol. The van der Waals surface area contributed by atoms with Gasteiger partial charge in [-0.25, -0.2) is 0 Å². The molecule has 0 N–H and O–H groups in total. The summed E-state index contributed by atoms with van der Waals surface area (Å²) in [5.41, 5.74) is 7.64. The van der Waals surface area contributed by atoms with Gasteiger partial charge < -0.3 is 4.74 Å². The van der Waals surface area contributed by atoms with E-state index in [-0.39, 0.29) is 0 Å². The Morgan fingerprint density at radius 3 is 2.64 bits per heavy atom. The zero-order valence-corrected chi connectivity index (χ0v) is 17.0. The standard InChI is InChI=1S/C25H23NOS/c1-16-7-9-17(10-8-16)25-21-13-11-18-15-19(27-2)12-14-20(18)24(21)26-22-5-3-4-6-23(22)28-25/h3-10,12,14-15,21,25H,11,13H2,1-2H3/t21-,25-/m1/s1. The van der Waals surface area contributed by atoms with Crippen LogP contribution in [0.1, 0.15) is 33.9 Å². The Labute approximate surface area is 170 Å². The molecule has 2 atom stereocenters. The van der Waals surface area contributed by atoms with Crippen molar-refractivity contribution in [3.8, 4) is 5.75 Å². The van der Waals surface area contributed by atoms with Crippen LogP contribution in [0.4, 0.5) is 5.69 Å². The molecule has 0 unspecified atom stereocenters. The molecule has 3 aromatic rings. The maximum atomic E-state index is 5.45. The van der Waals surface area contributed by atoms with Crippen LogP contribution in [0.5, 0.6) is 5.75 Å². The zero-order valence-electron chi connectivity index (χ0n) is 16.2. The van der Waals surface area contributed by atoms with Crippen molar-refractivity contribution in [2.75, 3.05) is 7.11 Å². The maximum Gasteiger partial charge on any atom is 0.119 e. The number of fused-ring (bicyclic) bond motifs is 4. The number of nitrogens with zero attached hydrogens (tertiary/aromatic N) is 1. The smallest absolute Gasteiger partial charge is 0.119 e. The topological polar surface area (TPSA) is 21.6 Å². The van der Waals surface area contributed by atoms with Crippen molar-refractivity contribution < 1.29 is 4.74 Å². The van der Waals surface area contributed by atoms with Crippen molar-refractivity contribution in [3.63, 3.8) is 0 Å². The fraction of sp³-hybridized carbons (Fsp3) is 0.240. The first kappa shape index (κ1) is 17.6. The van der Waals surface area contributed by atoms with Crippen LogP contribution in [0.15, 0.2) is 76.6 Å². The van der Waals surface area contributed by atoms with Gasteiger partial charge in [-0.05, 0) is 66.8 Å². The highest BCUT2D eigenvalue weighted by molar-refractivity contribution is 7.99. The number of aliphatic imine (C=N–C) groups is 1. The van der Waals surface area contributed by atoms with Gasteiger partial charge in [-0.3, -0.25) is 4.99 Å². The molecule has 2 aliphatic rings. The number of hydrogen-bond acceptors (Lipinski definition) is 3. The Hall–Kier alpha value is -2.52. The third kappa shape index (κ3) is 3.04. The second kappa shape index (κ2) is 7.14. The summed E-state index contributed by atoms with van der Waals surface area (Å²) in [6.45, 7) is 2.15. The molecule has 0 spiro atoms. The van der Waals surface area contributed by atoms with Gasteiger partial charge >= 0.3 is 0 Å². The third-order valence-electron chi connectivity index (χ3n) is 5.80. The van der Waals surface area contributed by atoms with Crippen LogP contribution in [-0.2, 0) is 6.42 Å². The lowest BCUT2D eigenvalue weighted by Crippen LogP contribution is -2.27. The number of aryl methyl sites for hydroxylation is 2. The summed E-state index contributed by atoms with van der Waals surface area (Å²) in [5.74, 6) is 1.33. The minimum Gasteiger partial charge on any atom is -0.497 e. The molecule has 2 nitrogen and oxygen atoms in total. The highest BCUT2D eigenvalue weighted by Gasteiger charge is 2.36. The van der Waals surface area contributed by atoms with Crippen molar-refractivity contribution in [3.05, 3.63) is 89.0 Å². The maximum absolute atomic E-state index is 5.45. The average molecular weight is 386 g/mol. The lowest BCUT2D eigenvalue weighted by atomic mass is 9.78. The lowest BCUT2D eigenvalue weighted by molar-refractivity contribution is 0.414. The highest BCUT2D eigenvalue weighted by Crippen LogP contribution is 2.51. The van der Waals surface area contributed by atoms with Gasteiger partial charge in [0.1, 0.15) is 5.75 Å². The SMILES string of the molecule is COc1ccc2c(c1)CC[C@@H]1C2=Nc2ccccc2S[C@@H]1c1ccc(C)cc1. The van der Waals surface area contributed by atoms with Crippen LogP contribution in [0.3, 0.4) is 0 Å². The van der Waals surface area contributed by atoms with Crippen LogP contribution in [0.2, 0.25) is 0 Å². The van der Waals surface area contributed by atoms with E-state index in [0.29, 0.717) is 11.2 Å². The molecule has 0 fully saturated rings. The molecular formula is C25H23NOS. The second-order valence-electron chi connectivity index (χ2n) is 7.58. The minimum atomic E-state index is 0.373. The van der Waals surface area contributed by atoms with Crippen molar-refractivity contribution in [2.24, 2.45) is 10.9 Å². The van der Waals surface area contributed by atoms with Crippen LogP contribution < -0.4 is 4.74 Å². The highest BCUT2D eigenvalue weighted by atomic mass is 32.2. The quantitative estimate of drug-likeness (QED) is 0.500. The Morgan fingerprint density at radius 1 is 1.00 bits per heavy atom. The van der Waals surface area contributed by atoms with Gasteiger partial charge in [0.15, 0.2) is 0 Å². The zero-order chi connectivity index (χ0) is 19.1. The van der Waals surface area contributed by atoms with Gasteiger partial charge in [-0.15, -0.1) is 11.8 Å². The molecular weight excluding hydrogens is 362 g/mol. The summed E-state index contributed by atoms with van der Waals surface area (Å²) in [4.78, 5) is 6.47. The van der Waals surface area contributed by atoms with Crippen molar-refractivity contribution in [2.45, 2.75) is 29.9 Å². The molecule has 1 heterocycles. The normalized spacial score (nSPS) is 20.3. The van der Waals surface area contributed by atoms with Crippen LogP contribution >= 0.6 is 11.8 Å². The van der Waals surface area contributed by atoms with Crippen LogP contribution in [-0.4, -0.2) is 12.8 Å². The summed E-state index contributed by atoms with van der Waals surface area (Å²) in [6, 6.07) is 24.0. The summed E-state index contributed by atoms with van der Waals surface area (Å²) in [7, 11) is 1.73. The number of methoxy groups -OCH3 is 1. The van der Waals surface area contributed by atoms with E-state index in [9.17, 15) is 0 Å². The Balaban J connectivity index is 1.67. The van der Waals surface area contributed by atoms with E-state index in [2.05, 4.69) is 73.7 Å². The van der Waals surface area contributed by atoms with E-state index in [1.165, 1.54) is 32.9 Å². The van der Waals surface area contributed by atoms with Gasteiger partial charge in [0, 0.05) is 16.1 Å². The van der Waals surface area contributed by atoms with Crippen molar-refractivity contribution in [1.29, 1.82) is 0 Å². The molecule has 3 aromatic carbocycles. The Kier molecular flexibility index (Phi) is 4.48. The van der Waals surface area contributed by atoms with Gasteiger partial charge in [0.05, 0.1) is 18.5 Å². The molecule has 0 aromatic heterocycles. The van der Waals surface area contributed by atoms with E-state index < -0.39 is 0 Å². The van der Waals surface area contributed by atoms with E-state index in [1.807, 2.05) is 11.8 Å². The second-order valence-corrected chi connectivity index (χ2v) is 8.77. The molecule has 0 saturated heterocycles. The van der Waals surface area contributed by atoms with Gasteiger partial charge in [-0.2, -0.15) is 0 Å². The lowest BCUT2D eigenvalue weighted by Gasteiger charge is -2.31. The summed E-state index contributed by atoms with van der Waals surface area (Å²) in [5, 5.41) is 0.373. The summed E-state index contributed by atoms with van der Waals surface area (Å²) < 4.78 is 5.45. The van der Waals surface area contributed by atoms with Gasteiger partial charge in [-0.1, -0.05) is 42.0 Å². The predicted molar refractivity (Wildman–Crippen MR) is 117 cm³/mol. The van der Waals surface area contributed by atoms with Crippen LogP contribution in [0.25, 0.3) is 0 Å². The van der Waals surface area contributed by atoms with E-state index in [0.717, 1.165) is 24.3 Å². The molecule has 5 rings (SSSR count). The fourth-order valence-electron chi connectivity index (χ4n) is 4.29. The summed E-state index contributed by atoms with van der Waals surface area (Å²) in [6.07, 6.45) is 2.17. The Morgan fingerprint density at radius 2 is 1.82 bits per heavy atom. The van der Waals surface area contributed by atoms with Gasteiger partial charge in [0.2, 0.25) is 0 Å². The number of para-hydroxylation sites is 1. The molecule has 0 bridgehead atoms. The average Bonchev–Trinajstić information content (AvgIpc) is 2.90. The molecule has 0 saturated carbocycles. The van der Waals surface area contributed by atoms with Gasteiger partial charge in [0.25, 0.3) is 0 Å². The predicted octanol–water partition coefficient (Wildman–Crippen LogP) is 6.53. The molecule has 1 aliphatic carbocycles. The number of rotatable bonds is 2. The third-order valence-corrected chi connectivity index (χ3v) is 7.25. The van der Waals surface area contributed by atoms with Crippen molar-refractivity contribution >= 4 is 23.2 Å². The Bertz CT molecular complexity index is 1050. The number of benzene rings is 3. The number of ether oxygens (including phenoxy) is 1. The molecule has 140 valence electrons. The first-order valence-corrected chi connectivity index (χ1v) is 10.7. The number of thioether (sulfide) groups is 1. The molecule has 0 radical (unpaired) electrons. The molecule has 28 heavy (non-hydrogen) atoms. The van der Waals surface area contributed by atoms with E-state index in [4.69, 9.17) is 9.73 Å². The fourth-order valence-corrected chi connectivity index (χ4v) is 5.68. The molecule has 3 heteroatoms.